The summed E-state index contributed by atoms with van der Waals surface area (Å²) in [6.45, 7) is 10.4. The van der Waals surface area contributed by atoms with Gasteiger partial charge in [0.05, 0.1) is 0 Å². The molecule has 0 saturated carbocycles. The Bertz CT molecular complexity index is 141. The van der Waals surface area contributed by atoms with Crippen molar-refractivity contribution in [3.63, 3.8) is 0 Å². The normalized spacial score (nSPS) is 13.3. The Labute approximate surface area is 83.0 Å². The Balaban J connectivity index is 3.29. The van der Waals surface area contributed by atoms with Crippen molar-refractivity contribution in [3.05, 3.63) is 12.2 Å². The number of nitrogens with one attached hydrogen (secondary N) is 1. The van der Waals surface area contributed by atoms with Crippen molar-refractivity contribution < 1.29 is 0 Å². The minimum Gasteiger partial charge on any atom is -0.314 e. The predicted octanol–water partition coefficient (Wildman–Crippen LogP) is 1.88. The van der Waals surface area contributed by atoms with Gasteiger partial charge < -0.3 is 10.2 Å². The standard InChI is InChI=1S/C11H24N2/c1-10(2)6-8-12-11(3)7-9-13(4)5/h11-12H,1,6-9H2,2-5H3. The first-order chi connectivity index (χ1) is 6.02. The first kappa shape index (κ1) is 12.7. The van der Waals surface area contributed by atoms with Crippen molar-refractivity contribution in [2.75, 3.05) is 27.2 Å². The van der Waals surface area contributed by atoms with Crippen LogP contribution in [0.15, 0.2) is 12.2 Å². The molecule has 0 saturated heterocycles. The average molecular weight is 184 g/mol. The molecule has 0 aromatic heterocycles. The highest BCUT2D eigenvalue weighted by molar-refractivity contribution is 4.88. The minimum absolute atomic E-state index is 0.613. The molecule has 78 valence electrons. The van der Waals surface area contributed by atoms with Gasteiger partial charge in [0.15, 0.2) is 0 Å². The maximum atomic E-state index is 3.88. The van der Waals surface area contributed by atoms with E-state index in [4.69, 9.17) is 0 Å². The number of hydrogen-bond acceptors (Lipinski definition) is 2. The number of nitrogens with zero attached hydrogens (tertiary/aromatic N) is 1. The van der Waals surface area contributed by atoms with Crippen LogP contribution >= 0.6 is 0 Å². The molecule has 2 nitrogen and oxygen atoms in total. The summed E-state index contributed by atoms with van der Waals surface area (Å²) >= 11 is 0. The fraction of sp³-hybridized carbons (Fsp3) is 0.818. The van der Waals surface area contributed by atoms with Crippen molar-refractivity contribution in [2.45, 2.75) is 32.7 Å². The highest BCUT2D eigenvalue weighted by Crippen LogP contribution is 1.96. The number of rotatable bonds is 7. The monoisotopic (exact) mass is 184 g/mol. The van der Waals surface area contributed by atoms with E-state index in [-0.39, 0.29) is 0 Å². The maximum absolute atomic E-state index is 3.88. The van der Waals surface area contributed by atoms with Crippen LogP contribution in [-0.2, 0) is 0 Å². The zero-order valence-electron chi connectivity index (χ0n) is 9.56. The lowest BCUT2D eigenvalue weighted by Crippen LogP contribution is -2.30. The van der Waals surface area contributed by atoms with Gasteiger partial charge in [-0.15, -0.1) is 6.58 Å². The molecule has 0 aliphatic carbocycles. The van der Waals surface area contributed by atoms with Crippen molar-refractivity contribution in [1.29, 1.82) is 0 Å². The Morgan fingerprint density at radius 1 is 1.46 bits per heavy atom. The largest absolute Gasteiger partial charge is 0.314 e. The molecule has 2 heteroatoms. The summed E-state index contributed by atoms with van der Waals surface area (Å²) in [6.07, 6.45) is 2.30. The molecule has 0 aromatic carbocycles. The molecule has 0 aromatic rings. The van der Waals surface area contributed by atoms with E-state index < -0.39 is 0 Å². The second-order valence-electron chi connectivity index (χ2n) is 4.15. The Hall–Kier alpha value is -0.340. The van der Waals surface area contributed by atoms with Crippen molar-refractivity contribution in [1.82, 2.24) is 10.2 Å². The van der Waals surface area contributed by atoms with Crippen LogP contribution in [-0.4, -0.2) is 38.1 Å². The van der Waals surface area contributed by atoms with Crippen molar-refractivity contribution in [2.24, 2.45) is 0 Å². The van der Waals surface area contributed by atoms with E-state index in [1.54, 1.807) is 0 Å². The molecule has 13 heavy (non-hydrogen) atoms. The van der Waals surface area contributed by atoms with Crippen LogP contribution < -0.4 is 5.32 Å². The van der Waals surface area contributed by atoms with E-state index in [1.165, 1.54) is 12.0 Å². The molecule has 0 heterocycles. The highest BCUT2D eigenvalue weighted by Gasteiger charge is 2.00. The molecule has 0 aliphatic rings. The summed E-state index contributed by atoms with van der Waals surface area (Å²) < 4.78 is 0. The Morgan fingerprint density at radius 2 is 2.08 bits per heavy atom. The van der Waals surface area contributed by atoms with Gasteiger partial charge in [0.1, 0.15) is 0 Å². The summed E-state index contributed by atoms with van der Waals surface area (Å²) in [5, 5.41) is 3.48. The quantitative estimate of drug-likeness (QED) is 0.608. The van der Waals surface area contributed by atoms with Gasteiger partial charge in [-0.25, -0.2) is 0 Å². The second-order valence-corrected chi connectivity index (χ2v) is 4.15. The molecule has 0 rings (SSSR count). The van der Waals surface area contributed by atoms with Crippen LogP contribution in [0.25, 0.3) is 0 Å². The average Bonchev–Trinajstić information content (AvgIpc) is 2.00. The topological polar surface area (TPSA) is 15.3 Å². The fourth-order valence-electron chi connectivity index (χ4n) is 1.09. The van der Waals surface area contributed by atoms with Crippen LogP contribution in [0.3, 0.4) is 0 Å². The van der Waals surface area contributed by atoms with Gasteiger partial charge in [0, 0.05) is 6.04 Å². The third-order valence-electron chi connectivity index (χ3n) is 2.05. The van der Waals surface area contributed by atoms with E-state index in [2.05, 4.69) is 44.7 Å². The van der Waals surface area contributed by atoms with Gasteiger partial charge in [-0.3, -0.25) is 0 Å². The van der Waals surface area contributed by atoms with Crippen LogP contribution in [0.2, 0.25) is 0 Å². The van der Waals surface area contributed by atoms with Crippen LogP contribution in [0.5, 0.6) is 0 Å². The van der Waals surface area contributed by atoms with Crippen LogP contribution in [0, 0.1) is 0 Å². The van der Waals surface area contributed by atoms with Gasteiger partial charge >= 0.3 is 0 Å². The predicted molar refractivity (Wildman–Crippen MR) is 60.1 cm³/mol. The molecule has 0 aliphatic heterocycles. The third kappa shape index (κ3) is 9.57. The smallest absolute Gasteiger partial charge is 0.00510 e. The van der Waals surface area contributed by atoms with E-state index >= 15 is 0 Å². The molecule has 0 radical (unpaired) electrons. The molecule has 1 unspecified atom stereocenters. The maximum Gasteiger partial charge on any atom is 0.00510 e. The van der Waals surface area contributed by atoms with Crippen LogP contribution in [0.4, 0.5) is 0 Å². The van der Waals surface area contributed by atoms with Crippen molar-refractivity contribution in [3.8, 4) is 0 Å². The first-order valence-electron chi connectivity index (χ1n) is 5.05. The molecule has 0 amide bonds. The molecule has 0 fully saturated rings. The Morgan fingerprint density at radius 3 is 2.54 bits per heavy atom. The molecule has 0 bridgehead atoms. The van der Waals surface area contributed by atoms with Gasteiger partial charge in [-0.05, 0) is 53.9 Å². The first-order valence-corrected chi connectivity index (χ1v) is 5.05. The van der Waals surface area contributed by atoms with Gasteiger partial charge in [-0.1, -0.05) is 5.57 Å². The lowest BCUT2D eigenvalue weighted by Gasteiger charge is -2.16. The molecular weight excluding hydrogens is 160 g/mol. The minimum atomic E-state index is 0.613. The molecular formula is C11H24N2. The summed E-state index contributed by atoms with van der Waals surface area (Å²) in [7, 11) is 4.22. The lowest BCUT2D eigenvalue weighted by atomic mass is 10.2. The van der Waals surface area contributed by atoms with Gasteiger partial charge in [0.2, 0.25) is 0 Å². The Kier molecular flexibility index (Phi) is 6.92. The third-order valence-corrected chi connectivity index (χ3v) is 2.05. The van der Waals surface area contributed by atoms with E-state index in [9.17, 15) is 0 Å². The van der Waals surface area contributed by atoms with E-state index in [1.807, 2.05) is 0 Å². The fourth-order valence-corrected chi connectivity index (χ4v) is 1.09. The highest BCUT2D eigenvalue weighted by atomic mass is 15.1. The summed E-state index contributed by atoms with van der Waals surface area (Å²) in [5.41, 5.74) is 1.26. The van der Waals surface area contributed by atoms with Crippen molar-refractivity contribution >= 4 is 0 Å². The van der Waals surface area contributed by atoms with Gasteiger partial charge in [0.25, 0.3) is 0 Å². The summed E-state index contributed by atoms with van der Waals surface area (Å²) in [4.78, 5) is 2.22. The number of hydrogen-bond donors (Lipinski definition) is 1. The summed E-state index contributed by atoms with van der Waals surface area (Å²) in [5.74, 6) is 0. The zero-order chi connectivity index (χ0) is 10.3. The summed E-state index contributed by atoms with van der Waals surface area (Å²) in [6, 6.07) is 0.613. The van der Waals surface area contributed by atoms with Crippen LogP contribution in [0.1, 0.15) is 26.7 Å². The molecule has 0 spiro atoms. The zero-order valence-corrected chi connectivity index (χ0v) is 9.56. The lowest BCUT2D eigenvalue weighted by molar-refractivity contribution is 0.367. The molecule has 1 N–H and O–H groups in total. The SMILES string of the molecule is C=C(C)CCNC(C)CCN(C)C. The molecule has 1 atom stereocenters. The van der Waals surface area contributed by atoms with Gasteiger partial charge in [-0.2, -0.15) is 0 Å². The second kappa shape index (κ2) is 7.10. The van der Waals surface area contributed by atoms with E-state index in [0.29, 0.717) is 6.04 Å². The van der Waals surface area contributed by atoms with E-state index in [0.717, 1.165) is 19.5 Å².